The molecule has 0 aromatic heterocycles. The van der Waals surface area contributed by atoms with Gasteiger partial charge in [0.25, 0.3) is 15.9 Å². The van der Waals surface area contributed by atoms with E-state index >= 15 is 0 Å². The van der Waals surface area contributed by atoms with Crippen LogP contribution in [0.2, 0.25) is 0 Å². The van der Waals surface area contributed by atoms with Crippen molar-refractivity contribution in [3.63, 3.8) is 0 Å². The molecule has 0 heterocycles. The van der Waals surface area contributed by atoms with Gasteiger partial charge in [0.2, 0.25) is 0 Å². The highest BCUT2D eigenvalue weighted by Gasteiger charge is 2.19. The first-order chi connectivity index (χ1) is 14.8. The Hall–Kier alpha value is -3.65. The molecule has 0 aliphatic rings. The number of anilines is 2. The molecule has 0 unspecified atom stereocenters. The summed E-state index contributed by atoms with van der Waals surface area (Å²) in [5, 5.41) is 2.70. The molecule has 3 aromatic rings. The zero-order valence-electron chi connectivity index (χ0n) is 17.1. The topological polar surface area (TPSA) is 102 Å². The number of carbonyl (C=O) groups excluding carboxylic acids is 2. The van der Waals surface area contributed by atoms with Crippen LogP contribution in [0, 0.1) is 6.92 Å². The molecule has 0 saturated heterocycles. The highest BCUT2D eigenvalue weighted by atomic mass is 32.2. The van der Waals surface area contributed by atoms with Gasteiger partial charge < -0.3 is 10.1 Å². The molecule has 0 aliphatic heterocycles. The first kappa shape index (κ1) is 22.0. The van der Waals surface area contributed by atoms with Crippen LogP contribution < -0.4 is 10.0 Å². The fourth-order valence-electron chi connectivity index (χ4n) is 2.79. The van der Waals surface area contributed by atoms with E-state index in [1.54, 1.807) is 55.5 Å². The van der Waals surface area contributed by atoms with Gasteiger partial charge in [0.15, 0.2) is 0 Å². The molecule has 1 amide bonds. The molecule has 160 valence electrons. The second kappa shape index (κ2) is 9.44. The first-order valence-corrected chi connectivity index (χ1v) is 11.1. The number of para-hydroxylation sites is 1. The summed E-state index contributed by atoms with van der Waals surface area (Å²) in [4.78, 5) is 24.6. The SMILES string of the molecule is CCOC(=O)c1ccc(NC(=O)c2ccccc2NS(=O)(=O)c2ccc(C)cc2)cc1. The quantitative estimate of drug-likeness (QED) is 0.538. The Morgan fingerprint density at radius 1 is 0.903 bits per heavy atom. The number of ether oxygens (including phenoxy) is 1. The molecule has 2 N–H and O–H groups in total. The fraction of sp³-hybridized carbons (Fsp3) is 0.130. The zero-order valence-corrected chi connectivity index (χ0v) is 17.9. The van der Waals surface area contributed by atoms with Crippen molar-refractivity contribution in [1.29, 1.82) is 0 Å². The van der Waals surface area contributed by atoms with E-state index < -0.39 is 21.9 Å². The van der Waals surface area contributed by atoms with E-state index in [1.165, 1.54) is 24.3 Å². The molecule has 0 saturated carbocycles. The van der Waals surface area contributed by atoms with Crippen LogP contribution >= 0.6 is 0 Å². The summed E-state index contributed by atoms with van der Waals surface area (Å²) in [7, 11) is -3.86. The number of carbonyl (C=O) groups is 2. The van der Waals surface area contributed by atoms with Gasteiger partial charge >= 0.3 is 5.97 Å². The Morgan fingerprint density at radius 2 is 1.55 bits per heavy atom. The van der Waals surface area contributed by atoms with E-state index in [4.69, 9.17) is 4.74 Å². The van der Waals surface area contributed by atoms with E-state index in [-0.39, 0.29) is 22.8 Å². The normalized spacial score (nSPS) is 10.9. The third-order valence-electron chi connectivity index (χ3n) is 4.40. The fourth-order valence-corrected chi connectivity index (χ4v) is 3.87. The lowest BCUT2D eigenvalue weighted by Gasteiger charge is -2.13. The number of amides is 1. The van der Waals surface area contributed by atoms with Crippen LogP contribution in [-0.4, -0.2) is 26.9 Å². The van der Waals surface area contributed by atoms with Crippen LogP contribution in [0.5, 0.6) is 0 Å². The molecular formula is C23H22N2O5S. The number of esters is 1. The van der Waals surface area contributed by atoms with Gasteiger partial charge in [-0.05, 0) is 62.4 Å². The third kappa shape index (κ3) is 5.49. The summed E-state index contributed by atoms with van der Waals surface area (Å²) in [6, 6.07) is 19.0. The monoisotopic (exact) mass is 438 g/mol. The number of nitrogens with one attached hydrogen (secondary N) is 2. The van der Waals surface area contributed by atoms with Gasteiger partial charge in [0.1, 0.15) is 0 Å². The maximum absolute atomic E-state index is 12.8. The van der Waals surface area contributed by atoms with Crippen molar-refractivity contribution < 1.29 is 22.7 Å². The minimum atomic E-state index is -3.86. The minimum Gasteiger partial charge on any atom is -0.462 e. The van der Waals surface area contributed by atoms with E-state index in [2.05, 4.69) is 10.0 Å². The lowest BCUT2D eigenvalue weighted by Crippen LogP contribution is -2.18. The van der Waals surface area contributed by atoms with Crippen molar-refractivity contribution >= 4 is 33.3 Å². The smallest absolute Gasteiger partial charge is 0.338 e. The van der Waals surface area contributed by atoms with Gasteiger partial charge in [-0.25, -0.2) is 13.2 Å². The predicted molar refractivity (Wildman–Crippen MR) is 119 cm³/mol. The Morgan fingerprint density at radius 3 is 2.19 bits per heavy atom. The predicted octanol–water partition coefficient (Wildman–Crippen LogP) is 4.22. The summed E-state index contributed by atoms with van der Waals surface area (Å²) >= 11 is 0. The Kier molecular flexibility index (Phi) is 6.71. The van der Waals surface area contributed by atoms with Crippen LogP contribution in [0.4, 0.5) is 11.4 Å². The second-order valence-corrected chi connectivity index (χ2v) is 8.40. The Balaban J connectivity index is 1.79. The van der Waals surface area contributed by atoms with Crippen molar-refractivity contribution in [3.05, 3.63) is 89.5 Å². The van der Waals surface area contributed by atoms with Crippen molar-refractivity contribution in [2.24, 2.45) is 0 Å². The molecule has 0 radical (unpaired) electrons. The molecule has 8 heteroatoms. The summed E-state index contributed by atoms with van der Waals surface area (Å²) in [5.74, 6) is -0.942. The van der Waals surface area contributed by atoms with Gasteiger partial charge in [0.05, 0.1) is 28.3 Å². The van der Waals surface area contributed by atoms with Gasteiger partial charge in [0, 0.05) is 5.69 Å². The minimum absolute atomic E-state index is 0.0999. The van der Waals surface area contributed by atoms with Crippen molar-refractivity contribution in [1.82, 2.24) is 0 Å². The maximum atomic E-state index is 12.8. The number of hydrogen-bond donors (Lipinski definition) is 2. The van der Waals surface area contributed by atoms with E-state index in [0.717, 1.165) is 5.56 Å². The van der Waals surface area contributed by atoms with Gasteiger partial charge in [-0.3, -0.25) is 9.52 Å². The number of hydrogen-bond acceptors (Lipinski definition) is 5. The third-order valence-corrected chi connectivity index (χ3v) is 5.78. The van der Waals surface area contributed by atoms with E-state index in [9.17, 15) is 18.0 Å². The highest BCUT2D eigenvalue weighted by Crippen LogP contribution is 2.22. The Labute approximate surface area is 181 Å². The van der Waals surface area contributed by atoms with Crippen LogP contribution in [0.15, 0.2) is 77.7 Å². The number of sulfonamides is 1. The molecule has 0 aliphatic carbocycles. The highest BCUT2D eigenvalue weighted by molar-refractivity contribution is 7.92. The Bertz CT molecular complexity index is 1190. The molecular weight excluding hydrogens is 416 g/mol. The van der Waals surface area contributed by atoms with Crippen molar-refractivity contribution in [2.45, 2.75) is 18.7 Å². The number of rotatable bonds is 7. The average molecular weight is 439 g/mol. The lowest BCUT2D eigenvalue weighted by atomic mass is 10.1. The zero-order chi connectivity index (χ0) is 22.4. The largest absolute Gasteiger partial charge is 0.462 e. The molecule has 3 aromatic carbocycles. The average Bonchev–Trinajstić information content (AvgIpc) is 2.75. The van der Waals surface area contributed by atoms with Crippen LogP contribution in [0.25, 0.3) is 0 Å². The molecule has 0 bridgehead atoms. The number of benzene rings is 3. The van der Waals surface area contributed by atoms with Crippen LogP contribution in [0.1, 0.15) is 33.2 Å². The summed E-state index contributed by atoms with van der Waals surface area (Å²) in [5.41, 5.74) is 2.07. The molecule has 0 spiro atoms. The summed E-state index contributed by atoms with van der Waals surface area (Å²) in [6.45, 7) is 3.85. The summed E-state index contributed by atoms with van der Waals surface area (Å²) in [6.07, 6.45) is 0. The summed E-state index contributed by atoms with van der Waals surface area (Å²) < 4.78 is 32.8. The van der Waals surface area contributed by atoms with Gasteiger partial charge in [-0.15, -0.1) is 0 Å². The van der Waals surface area contributed by atoms with Crippen molar-refractivity contribution in [2.75, 3.05) is 16.6 Å². The van der Waals surface area contributed by atoms with E-state index in [0.29, 0.717) is 11.3 Å². The van der Waals surface area contributed by atoms with Gasteiger partial charge in [-0.1, -0.05) is 29.8 Å². The molecule has 31 heavy (non-hydrogen) atoms. The molecule has 0 atom stereocenters. The number of aryl methyl sites for hydroxylation is 1. The van der Waals surface area contributed by atoms with Crippen LogP contribution in [0.3, 0.4) is 0 Å². The van der Waals surface area contributed by atoms with Crippen molar-refractivity contribution in [3.8, 4) is 0 Å². The first-order valence-electron chi connectivity index (χ1n) is 9.57. The van der Waals surface area contributed by atoms with Gasteiger partial charge in [-0.2, -0.15) is 0 Å². The maximum Gasteiger partial charge on any atom is 0.338 e. The van der Waals surface area contributed by atoms with E-state index in [1.807, 2.05) is 6.92 Å². The molecule has 3 rings (SSSR count). The second-order valence-electron chi connectivity index (χ2n) is 6.72. The standard InChI is InChI=1S/C23H22N2O5S/c1-3-30-23(27)17-10-12-18(13-11-17)24-22(26)20-6-4-5-7-21(20)25-31(28,29)19-14-8-16(2)9-15-19/h4-15,25H,3H2,1-2H3,(H,24,26). The molecule has 0 fully saturated rings. The molecule has 7 nitrogen and oxygen atoms in total. The lowest BCUT2D eigenvalue weighted by molar-refractivity contribution is 0.0526. The van der Waals surface area contributed by atoms with Crippen LogP contribution in [-0.2, 0) is 14.8 Å².